The van der Waals surface area contributed by atoms with Crippen molar-refractivity contribution in [2.75, 3.05) is 47.5 Å². The van der Waals surface area contributed by atoms with Crippen molar-refractivity contribution in [3.8, 4) is 17.2 Å². The summed E-state index contributed by atoms with van der Waals surface area (Å²) in [5.74, 6) is 0.383. The summed E-state index contributed by atoms with van der Waals surface area (Å²) in [6.07, 6.45) is 0. The van der Waals surface area contributed by atoms with Gasteiger partial charge in [0.15, 0.2) is 11.5 Å². The number of ether oxygens (including phenoxy) is 3. The lowest BCUT2D eigenvalue weighted by Crippen LogP contribution is -2.50. The van der Waals surface area contributed by atoms with Crippen LogP contribution in [0.25, 0.3) is 0 Å². The third-order valence-corrected chi connectivity index (χ3v) is 6.27. The second-order valence-electron chi connectivity index (χ2n) is 8.22. The molecule has 1 fully saturated rings. The topological polar surface area (TPSA) is 51.2 Å². The summed E-state index contributed by atoms with van der Waals surface area (Å²) in [5.41, 5.74) is 2.20. The average molecular weight is 483 g/mol. The highest BCUT2D eigenvalue weighted by atomic mass is 19.1. The van der Waals surface area contributed by atoms with Crippen molar-refractivity contribution in [1.29, 1.82) is 0 Å². The van der Waals surface area contributed by atoms with E-state index in [9.17, 15) is 13.6 Å². The highest BCUT2D eigenvalue weighted by molar-refractivity contribution is 5.98. The number of amides is 1. The Morgan fingerprint density at radius 1 is 0.714 bits per heavy atom. The largest absolute Gasteiger partial charge is 0.493 e. The Morgan fingerprint density at radius 3 is 1.69 bits per heavy atom. The van der Waals surface area contributed by atoms with Crippen molar-refractivity contribution >= 4 is 5.91 Å². The van der Waals surface area contributed by atoms with Crippen LogP contribution in [-0.2, 0) is 0 Å². The maximum absolute atomic E-state index is 13.6. The van der Waals surface area contributed by atoms with Crippen molar-refractivity contribution in [3.63, 3.8) is 0 Å². The Bertz CT molecular complexity index is 1120. The highest BCUT2D eigenvalue weighted by Gasteiger charge is 2.31. The van der Waals surface area contributed by atoms with Crippen LogP contribution in [0.5, 0.6) is 17.2 Å². The van der Waals surface area contributed by atoms with Gasteiger partial charge in [0.05, 0.1) is 32.9 Å². The highest BCUT2D eigenvalue weighted by Crippen LogP contribution is 2.40. The van der Waals surface area contributed by atoms with Crippen molar-refractivity contribution < 1.29 is 27.8 Å². The fourth-order valence-corrected chi connectivity index (χ4v) is 4.53. The van der Waals surface area contributed by atoms with Gasteiger partial charge in [-0.3, -0.25) is 9.69 Å². The molecule has 0 saturated carbocycles. The van der Waals surface area contributed by atoms with Crippen LogP contribution in [0.15, 0.2) is 60.7 Å². The zero-order valence-corrected chi connectivity index (χ0v) is 20.0. The van der Waals surface area contributed by atoms with Crippen LogP contribution in [0.4, 0.5) is 8.78 Å². The average Bonchev–Trinajstić information content (AvgIpc) is 2.90. The molecular formula is C27H28F2N2O4. The van der Waals surface area contributed by atoms with Gasteiger partial charge in [0.1, 0.15) is 11.6 Å². The Hall–Kier alpha value is -3.65. The maximum Gasteiger partial charge on any atom is 0.257 e. The van der Waals surface area contributed by atoms with Crippen LogP contribution >= 0.6 is 0 Å². The molecule has 0 N–H and O–H groups in total. The first-order valence-corrected chi connectivity index (χ1v) is 11.3. The number of piperazine rings is 1. The molecular weight excluding hydrogens is 454 g/mol. The minimum Gasteiger partial charge on any atom is -0.493 e. The molecule has 3 aromatic carbocycles. The molecule has 1 aliphatic rings. The van der Waals surface area contributed by atoms with E-state index in [1.807, 2.05) is 0 Å². The fourth-order valence-electron chi connectivity index (χ4n) is 4.53. The monoisotopic (exact) mass is 482 g/mol. The van der Waals surface area contributed by atoms with E-state index < -0.39 is 0 Å². The Labute approximate surface area is 203 Å². The molecule has 3 aromatic rings. The predicted molar refractivity (Wildman–Crippen MR) is 128 cm³/mol. The van der Waals surface area contributed by atoms with Gasteiger partial charge in [-0.25, -0.2) is 8.78 Å². The van der Waals surface area contributed by atoms with Gasteiger partial charge in [-0.1, -0.05) is 24.3 Å². The van der Waals surface area contributed by atoms with E-state index in [0.29, 0.717) is 49.0 Å². The third-order valence-electron chi connectivity index (χ3n) is 6.27. The SMILES string of the molecule is COc1ccc(C(=O)N2CCN(C(c3ccc(F)cc3)c3ccc(F)cc3)CC2)c(OC)c1OC. The number of hydrogen-bond acceptors (Lipinski definition) is 5. The molecule has 8 heteroatoms. The summed E-state index contributed by atoms with van der Waals surface area (Å²) in [7, 11) is 4.51. The minimum absolute atomic E-state index is 0.164. The Kier molecular flexibility index (Phi) is 7.51. The van der Waals surface area contributed by atoms with Crippen LogP contribution in [0.1, 0.15) is 27.5 Å². The second kappa shape index (κ2) is 10.7. The molecule has 1 saturated heterocycles. The van der Waals surface area contributed by atoms with Gasteiger partial charge in [0, 0.05) is 26.2 Å². The molecule has 0 aliphatic carbocycles. The van der Waals surface area contributed by atoms with Gasteiger partial charge in [0.2, 0.25) is 5.75 Å². The minimum atomic E-state index is -0.314. The lowest BCUT2D eigenvalue weighted by molar-refractivity contribution is 0.0593. The van der Waals surface area contributed by atoms with Crippen molar-refractivity contribution in [3.05, 3.63) is 89.0 Å². The predicted octanol–water partition coefficient (Wildman–Crippen LogP) is 4.54. The molecule has 4 rings (SSSR count). The molecule has 0 atom stereocenters. The summed E-state index contributed by atoms with van der Waals surface area (Å²) in [6, 6.07) is 15.9. The van der Waals surface area contributed by atoms with E-state index in [1.54, 1.807) is 41.3 Å². The van der Waals surface area contributed by atoms with E-state index in [4.69, 9.17) is 14.2 Å². The first-order chi connectivity index (χ1) is 17.0. The quantitative estimate of drug-likeness (QED) is 0.495. The van der Waals surface area contributed by atoms with Gasteiger partial charge < -0.3 is 19.1 Å². The van der Waals surface area contributed by atoms with Crippen LogP contribution in [0.3, 0.4) is 0 Å². The first-order valence-electron chi connectivity index (χ1n) is 11.3. The van der Waals surface area contributed by atoms with E-state index in [2.05, 4.69) is 4.90 Å². The van der Waals surface area contributed by atoms with Crippen molar-refractivity contribution in [2.24, 2.45) is 0 Å². The van der Waals surface area contributed by atoms with E-state index in [-0.39, 0.29) is 23.6 Å². The molecule has 184 valence electrons. The van der Waals surface area contributed by atoms with Crippen LogP contribution < -0.4 is 14.2 Å². The number of rotatable bonds is 7. The molecule has 1 aliphatic heterocycles. The van der Waals surface area contributed by atoms with E-state index >= 15 is 0 Å². The lowest BCUT2D eigenvalue weighted by atomic mass is 9.96. The first kappa shape index (κ1) is 24.5. The van der Waals surface area contributed by atoms with Crippen LogP contribution in [0.2, 0.25) is 0 Å². The number of nitrogens with zero attached hydrogens (tertiary/aromatic N) is 2. The number of methoxy groups -OCH3 is 3. The zero-order valence-electron chi connectivity index (χ0n) is 20.0. The fraction of sp³-hybridized carbons (Fsp3) is 0.296. The molecule has 0 spiro atoms. The smallest absolute Gasteiger partial charge is 0.257 e. The lowest BCUT2D eigenvalue weighted by Gasteiger charge is -2.40. The maximum atomic E-state index is 13.6. The summed E-state index contributed by atoms with van der Waals surface area (Å²) < 4.78 is 43.4. The molecule has 1 amide bonds. The second-order valence-corrected chi connectivity index (χ2v) is 8.22. The molecule has 0 unspecified atom stereocenters. The van der Waals surface area contributed by atoms with Crippen LogP contribution in [-0.4, -0.2) is 63.2 Å². The summed E-state index contributed by atoms with van der Waals surface area (Å²) in [6.45, 7) is 2.13. The molecule has 1 heterocycles. The third kappa shape index (κ3) is 5.07. The number of hydrogen-bond donors (Lipinski definition) is 0. The molecule has 6 nitrogen and oxygen atoms in total. The zero-order chi connectivity index (χ0) is 24.9. The van der Waals surface area contributed by atoms with Gasteiger partial charge in [0.25, 0.3) is 5.91 Å². The van der Waals surface area contributed by atoms with E-state index in [0.717, 1.165) is 11.1 Å². The molecule has 35 heavy (non-hydrogen) atoms. The van der Waals surface area contributed by atoms with Gasteiger partial charge in [-0.15, -0.1) is 0 Å². The summed E-state index contributed by atoms with van der Waals surface area (Å²) in [5, 5.41) is 0. The molecule has 0 aromatic heterocycles. The number of benzene rings is 3. The molecule has 0 radical (unpaired) electrons. The van der Waals surface area contributed by atoms with Crippen molar-refractivity contribution in [1.82, 2.24) is 9.80 Å². The summed E-state index contributed by atoms with van der Waals surface area (Å²) >= 11 is 0. The Morgan fingerprint density at radius 2 is 1.23 bits per heavy atom. The normalized spacial score (nSPS) is 14.2. The number of carbonyl (C=O) groups is 1. The summed E-state index contributed by atoms with van der Waals surface area (Å²) in [4.78, 5) is 17.4. The molecule has 0 bridgehead atoms. The van der Waals surface area contributed by atoms with Crippen molar-refractivity contribution in [2.45, 2.75) is 6.04 Å². The van der Waals surface area contributed by atoms with Crippen LogP contribution in [0, 0.1) is 11.6 Å². The van der Waals surface area contributed by atoms with Gasteiger partial charge >= 0.3 is 0 Å². The van der Waals surface area contributed by atoms with Gasteiger partial charge in [-0.05, 0) is 47.5 Å². The Balaban J connectivity index is 1.56. The number of halogens is 2. The van der Waals surface area contributed by atoms with E-state index in [1.165, 1.54) is 45.6 Å². The standard InChI is InChI=1S/C27H28F2N2O4/c1-33-23-13-12-22(25(34-2)26(23)35-3)27(32)31-16-14-30(15-17-31)24(18-4-8-20(28)9-5-18)19-6-10-21(29)11-7-19/h4-13,24H,14-17H2,1-3H3. The number of carbonyl (C=O) groups excluding carboxylic acids is 1. The van der Waals surface area contributed by atoms with Gasteiger partial charge in [-0.2, -0.15) is 0 Å².